The zero-order chi connectivity index (χ0) is 25.2. The van der Waals surface area contributed by atoms with Gasteiger partial charge in [0.1, 0.15) is 6.10 Å². The first kappa shape index (κ1) is 24.7. The lowest BCUT2D eigenvalue weighted by atomic mass is 9.64. The highest BCUT2D eigenvalue weighted by Gasteiger charge is 2.43. The molecule has 0 spiro atoms. The van der Waals surface area contributed by atoms with Crippen LogP contribution in [0.1, 0.15) is 62.8 Å². The highest BCUT2D eigenvalue weighted by Crippen LogP contribution is 2.44. The smallest absolute Gasteiger partial charge is 0.415 e. The van der Waals surface area contributed by atoms with Crippen LogP contribution in [-0.4, -0.2) is 31.3 Å². The van der Waals surface area contributed by atoms with Crippen molar-refractivity contribution < 1.29 is 19.0 Å². The van der Waals surface area contributed by atoms with Gasteiger partial charge in [-0.1, -0.05) is 57.5 Å². The number of nitriles is 1. The number of carbonyl (C=O) groups is 1. The van der Waals surface area contributed by atoms with Crippen molar-refractivity contribution in [3.05, 3.63) is 65.4 Å². The number of hydrogen-bond acceptors (Lipinski definition) is 5. The Kier molecular flexibility index (Phi) is 7.07. The molecule has 1 fully saturated rings. The van der Waals surface area contributed by atoms with Crippen LogP contribution in [0.25, 0.3) is 6.08 Å². The minimum absolute atomic E-state index is 0.158. The Morgan fingerprint density at radius 1 is 1.09 bits per heavy atom. The normalized spacial score (nSPS) is 23.7. The average Bonchev–Trinajstić information content (AvgIpc) is 2.87. The van der Waals surface area contributed by atoms with Crippen molar-refractivity contribution in [1.29, 1.82) is 5.26 Å². The lowest BCUT2D eigenvalue weighted by Crippen LogP contribution is -2.45. The van der Waals surface area contributed by atoms with Gasteiger partial charge in [0.2, 0.25) is 0 Å². The molecule has 1 aliphatic heterocycles. The first-order valence-corrected chi connectivity index (χ1v) is 12.2. The molecule has 4 rings (SSSR count). The summed E-state index contributed by atoms with van der Waals surface area (Å²) in [5, 5.41) is 10.0. The predicted octanol–water partition coefficient (Wildman–Crippen LogP) is 6.47. The highest BCUT2D eigenvalue weighted by molar-refractivity contribution is 5.75. The topological polar surface area (TPSA) is 71.8 Å². The van der Waals surface area contributed by atoms with E-state index in [0.29, 0.717) is 23.0 Å². The number of carbonyl (C=O) groups excluding carboxylic acids is 1. The van der Waals surface area contributed by atoms with E-state index in [9.17, 15) is 10.1 Å². The van der Waals surface area contributed by atoms with E-state index in [1.165, 1.54) is 10.5 Å². The van der Waals surface area contributed by atoms with Crippen molar-refractivity contribution in [3.63, 3.8) is 0 Å². The lowest BCUT2D eigenvalue weighted by Gasteiger charge is -2.44. The van der Waals surface area contributed by atoms with Crippen LogP contribution in [-0.2, 0) is 10.2 Å². The number of amides is 1. The van der Waals surface area contributed by atoms with Gasteiger partial charge in [-0.3, -0.25) is 4.90 Å². The number of benzene rings is 2. The summed E-state index contributed by atoms with van der Waals surface area (Å²) in [4.78, 5) is 14.9. The van der Waals surface area contributed by atoms with Crippen LogP contribution in [0.3, 0.4) is 0 Å². The van der Waals surface area contributed by atoms with E-state index in [1.807, 2.05) is 12.1 Å². The quantitative estimate of drug-likeness (QED) is 0.496. The van der Waals surface area contributed by atoms with Gasteiger partial charge >= 0.3 is 6.09 Å². The fraction of sp³-hybridized carbons (Fsp3) is 0.448. The second-order valence-electron chi connectivity index (χ2n) is 10.1. The van der Waals surface area contributed by atoms with Crippen molar-refractivity contribution in [2.45, 2.75) is 57.6 Å². The maximum Gasteiger partial charge on any atom is 0.415 e. The molecular formula is C29H34N2O4. The third-order valence-corrected chi connectivity index (χ3v) is 7.66. The molecule has 184 valence electrons. The molecule has 0 radical (unpaired) electrons. The SMILES string of the molecule is COc1cc2c(cc1OC)[C@H](C#N)N(C(=O)O[C@H]1C[C@@H](C)CC[C@@H]1C(C)(C)c1ccccc1)C=C2. The van der Waals surface area contributed by atoms with E-state index in [0.717, 1.165) is 24.8 Å². The Bertz CT molecular complexity index is 1140. The molecule has 2 aromatic carbocycles. The molecule has 1 amide bonds. The van der Waals surface area contributed by atoms with Crippen molar-refractivity contribution >= 4 is 12.2 Å². The van der Waals surface area contributed by atoms with E-state index in [-0.39, 0.29) is 17.4 Å². The molecule has 0 unspecified atom stereocenters. The molecule has 35 heavy (non-hydrogen) atoms. The van der Waals surface area contributed by atoms with E-state index in [4.69, 9.17) is 14.2 Å². The summed E-state index contributed by atoms with van der Waals surface area (Å²) in [5.41, 5.74) is 2.58. The van der Waals surface area contributed by atoms with Crippen LogP contribution >= 0.6 is 0 Å². The standard InChI is InChI=1S/C29H34N2O4/c1-19-11-12-23(29(2,3)21-9-7-6-8-10-21)25(15-19)35-28(32)31-14-13-20-16-26(33-4)27(34-5)17-22(20)24(31)18-30/h6-10,13-14,16-17,19,23-25H,11-12,15H2,1-5H3/t19-,23-,24-,25-/m0/s1. The van der Waals surface area contributed by atoms with Gasteiger partial charge in [0, 0.05) is 17.7 Å². The highest BCUT2D eigenvalue weighted by atomic mass is 16.6. The lowest BCUT2D eigenvalue weighted by molar-refractivity contribution is -0.0155. The average molecular weight is 475 g/mol. The molecule has 6 nitrogen and oxygen atoms in total. The summed E-state index contributed by atoms with van der Waals surface area (Å²) < 4.78 is 17.0. The van der Waals surface area contributed by atoms with Crippen LogP contribution in [0.5, 0.6) is 11.5 Å². The van der Waals surface area contributed by atoms with Crippen molar-refractivity contribution in [1.82, 2.24) is 4.90 Å². The van der Waals surface area contributed by atoms with Crippen molar-refractivity contribution in [3.8, 4) is 17.6 Å². The number of methoxy groups -OCH3 is 2. The number of nitrogens with zero attached hydrogens (tertiary/aromatic N) is 2. The Morgan fingerprint density at radius 2 is 1.77 bits per heavy atom. The van der Waals surface area contributed by atoms with Gasteiger partial charge in [-0.05, 0) is 53.5 Å². The van der Waals surface area contributed by atoms with E-state index >= 15 is 0 Å². The number of rotatable bonds is 5. The van der Waals surface area contributed by atoms with E-state index < -0.39 is 12.1 Å². The summed E-state index contributed by atoms with van der Waals surface area (Å²) in [5.74, 6) is 1.74. The summed E-state index contributed by atoms with van der Waals surface area (Å²) in [6, 6.07) is 15.5. The van der Waals surface area contributed by atoms with E-state index in [2.05, 4.69) is 51.1 Å². The van der Waals surface area contributed by atoms with Gasteiger partial charge in [-0.25, -0.2) is 4.79 Å². The van der Waals surface area contributed by atoms with Crippen LogP contribution in [0, 0.1) is 23.2 Å². The summed E-state index contributed by atoms with van der Waals surface area (Å²) in [7, 11) is 3.12. The van der Waals surface area contributed by atoms with Gasteiger partial charge in [-0.2, -0.15) is 5.26 Å². The van der Waals surface area contributed by atoms with Crippen LogP contribution in [0.4, 0.5) is 4.79 Å². The number of fused-ring (bicyclic) bond motifs is 1. The number of ether oxygens (including phenoxy) is 3. The maximum absolute atomic E-state index is 13.5. The van der Waals surface area contributed by atoms with Crippen LogP contribution in [0.15, 0.2) is 48.7 Å². The van der Waals surface area contributed by atoms with Gasteiger partial charge in [0.05, 0.1) is 20.3 Å². The molecule has 0 N–H and O–H groups in total. The zero-order valence-electron chi connectivity index (χ0n) is 21.2. The van der Waals surface area contributed by atoms with Gasteiger partial charge in [0.25, 0.3) is 0 Å². The van der Waals surface area contributed by atoms with Crippen LogP contribution in [0.2, 0.25) is 0 Å². The molecule has 1 saturated carbocycles. The second-order valence-corrected chi connectivity index (χ2v) is 10.1. The molecule has 1 heterocycles. The zero-order valence-corrected chi connectivity index (χ0v) is 21.2. The molecule has 1 aliphatic carbocycles. The second kappa shape index (κ2) is 10.0. The molecule has 4 atom stereocenters. The molecule has 6 heteroatoms. The minimum Gasteiger partial charge on any atom is -0.493 e. The largest absolute Gasteiger partial charge is 0.493 e. The summed E-state index contributed by atoms with van der Waals surface area (Å²) in [6.45, 7) is 6.68. The Labute approximate surface area is 208 Å². The minimum atomic E-state index is -0.816. The fourth-order valence-corrected chi connectivity index (χ4v) is 5.54. The molecule has 0 bridgehead atoms. The van der Waals surface area contributed by atoms with E-state index in [1.54, 1.807) is 32.6 Å². The van der Waals surface area contributed by atoms with Gasteiger partial charge in [-0.15, -0.1) is 0 Å². The molecule has 0 aromatic heterocycles. The maximum atomic E-state index is 13.5. The molecular weight excluding hydrogens is 440 g/mol. The van der Waals surface area contributed by atoms with Crippen LogP contribution < -0.4 is 9.47 Å². The summed E-state index contributed by atoms with van der Waals surface area (Å²) in [6.07, 6.45) is 5.60. The monoisotopic (exact) mass is 474 g/mol. The first-order valence-electron chi connectivity index (χ1n) is 12.2. The first-order chi connectivity index (χ1) is 16.8. The fourth-order valence-electron chi connectivity index (χ4n) is 5.54. The Morgan fingerprint density at radius 3 is 2.43 bits per heavy atom. The third-order valence-electron chi connectivity index (χ3n) is 7.66. The van der Waals surface area contributed by atoms with Crippen molar-refractivity contribution in [2.75, 3.05) is 14.2 Å². The van der Waals surface area contributed by atoms with Gasteiger partial charge in [0.15, 0.2) is 17.5 Å². The van der Waals surface area contributed by atoms with Gasteiger partial charge < -0.3 is 14.2 Å². The molecule has 0 saturated heterocycles. The summed E-state index contributed by atoms with van der Waals surface area (Å²) >= 11 is 0. The predicted molar refractivity (Wildman–Crippen MR) is 135 cm³/mol. The Balaban J connectivity index is 1.60. The Hall–Kier alpha value is -3.46. The molecule has 2 aromatic rings. The van der Waals surface area contributed by atoms with Crippen molar-refractivity contribution in [2.24, 2.45) is 11.8 Å². The molecule has 2 aliphatic rings. The third kappa shape index (κ3) is 4.73. The number of hydrogen-bond donors (Lipinski definition) is 0.